The first kappa shape index (κ1) is 19.7. The van der Waals surface area contributed by atoms with E-state index in [4.69, 9.17) is 0 Å². The van der Waals surface area contributed by atoms with E-state index in [0.29, 0.717) is 6.54 Å². The predicted molar refractivity (Wildman–Crippen MR) is 85.0 cm³/mol. The zero-order chi connectivity index (χ0) is 16.0. The summed E-state index contributed by atoms with van der Waals surface area (Å²) >= 11 is 0. The second kappa shape index (κ2) is 9.10. The minimum Gasteiger partial charge on any atom is -0.352 e. The van der Waals surface area contributed by atoms with Crippen molar-refractivity contribution >= 4 is 18.3 Å². The molecule has 1 aromatic rings. The molecule has 1 fully saturated rings. The number of nitrogens with zero attached hydrogens (tertiary/aromatic N) is 1. The second-order valence-electron chi connectivity index (χ2n) is 5.28. The van der Waals surface area contributed by atoms with Gasteiger partial charge in [-0.1, -0.05) is 0 Å². The molecule has 1 saturated heterocycles. The highest BCUT2D eigenvalue weighted by Crippen LogP contribution is 2.28. The number of halogens is 4. The van der Waals surface area contributed by atoms with Gasteiger partial charge in [-0.2, -0.15) is 13.2 Å². The predicted octanol–water partition coefficient (Wildman–Crippen LogP) is 2.15. The maximum Gasteiger partial charge on any atom is 0.416 e. The molecule has 0 aromatic heterocycles. The maximum atomic E-state index is 12.4. The molecular weight excluding hydrogens is 331 g/mol. The second-order valence-corrected chi connectivity index (χ2v) is 5.28. The number of carbonyl (C=O) groups is 1. The number of carbonyl (C=O) groups excluding carboxylic acids is 1. The van der Waals surface area contributed by atoms with Crippen molar-refractivity contribution in [3.8, 4) is 0 Å². The van der Waals surface area contributed by atoms with Gasteiger partial charge in [-0.15, -0.1) is 12.4 Å². The minimum atomic E-state index is -4.38. The van der Waals surface area contributed by atoms with Crippen molar-refractivity contribution in [2.24, 2.45) is 0 Å². The average molecular weight is 352 g/mol. The third-order valence-electron chi connectivity index (χ3n) is 3.62. The first-order valence-electron chi connectivity index (χ1n) is 7.35. The number of nitrogens with one attached hydrogen (secondary N) is 2. The van der Waals surface area contributed by atoms with E-state index in [2.05, 4.69) is 15.5 Å². The van der Waals surface area contributed by atoms with Gasteiger partial charge in [0.2, 0.25) is 0 Å². The van der Waals surface area contributed by atoms with E-state index in [1.54, 1.807) is 0 Å². The van der Waals surface area contributed by atoms with Crippen LogP contribution in [0.1, 0.15) is 22.3 Å². The Bertz CT molecular complexity index is 488. The molecule has 2 rings (SSSR count). The van der Waals surface area contributed by atoms with Crippen molar-refractivity contribution in [2.75, 3.05) is 39.3 Å². The standard InChI is InChI=1S/C15H20F3N3O.ClH/c16-15(17,18)13-4-2-12(3-5-13)14(22)20-6-1-9-21-10-7-19-8-11-21;/h2-5,19H,1,6-11H2,(H,20,22);1H. The zero-order valence-electron chi connectivity index (χ0n) is 12.7. The van der Waals surface area contributed by atoms with E-state index in [1.165, 1.54) is 12.1 Å². The number of hydrogen-bond donors (Lipinski definition) is 2. The van der Waals surface area contributed by atoms with Crippen LogP contribution in [0.3, 0.4) is 0 Å². The highest BCUT2D eigenvalue weighted by atomic mass is 35.5. The van der Waals surface area contributed by atoms with Crippen LogP contribution in [0.25, 0.3) is 0 Å². The van der Waals surface area contributed by atoms with Crippen LogP contribution in [0.2, 0.25) is 0 Å². The van der Waals surface area contributed by atoms with E-state index < -0.39 is 11.7 Å². The lowest BCUT2D eigenvalue weighted by molar-refractivity contribution is -0.137. The van der Waals surface area contributed by atoms with Crippen molar-refractivity contribution in [2.45, 2.75) is 12.6 Å². The van der Waals surface area contributed by atoms with Crippen molar-refractivity contribution in [3.63, 3.8) is 0 Å². The molecule has 8 heteroatoms. The largest absolute Gasteiger partial charge is 0.416 e. The summed E-state index contributed by atoms with van der Waals surface area (Å²) in [6.45, 7) is 5.41. The lowest BCUT2D eigenvalue weighted by atomic mass is 10.1. The molecule has 2 N–H and O–H groups in total. The van der Waals surface area contributed by atoms with Gasteiger partial charge in [0.15, 0.2) is 0 Å². The van der Waals surface area contributed by atoms with Crippen molar-refractivity contribution < 1.29 is 18.0 Å². The fraction of sp³-hybridized carbons (Fsp3) is 0.533. The molecule has 4 nitrogen and oxygen atoms in total. The van der Waals surface area contributed by atoms with Crippen molar-refractivity contribution in [1.29, 1.82) is 0 Å². The molecular formula is C15H21ClF3N3O. The Kier molecular flexibility index (Phi) is 7.81. The van der Waals surface area contributed by atoms with Crippen molar-refractivity contribution in [3.05, 3.63) is 35.4 Å². The number of benzene rings is 1. The van der Waals surface area contributed by atoms with E-state index in [1.807, 2.05) is 0 Å². The molecule has 0 spiro atoms. The molecule has 1 aliphatic rings. The summed E-state index contributed by atoms with van der Waals surface area (Å²) in [4.78, 5) is 14.2. The van der Waals surface area contributed by atoms with E-state index in [-0.39, 0.29) is 23.9 Å². The topological polar surface area (TPSA) is 44.4 Å². The van der Waals surface area contributed by atoms with Gasteiger partial charge in [0.05, 0.1) is 5.56 Å². The molecule has 0 saturated carbocycles. The zero-order valence-corrected chi connectivity index (χ0v) is 13.5. The van der Waals surface area contributed by atoms with Gasteiger partial charge in [0, 0.05) is 38.3 Å². The van der Waals surface area contributed by atoms with Gasteiger partial charge < -0.3 is 15.5 Å². The number of piperazine rings is 1. The average Bonchev–Trinajstić information content (AvgIpc) is 2.52. The summed E-state index contributed by atoms with van der Waals surface area (Å²) in [5.41, 5.74) is -0.502. The number of amides is 1. The molecule has 1 amide bonds. The lowest BCUT2D eigenvalue weighted by Gasteiger charge is -2.27. The molecule has 1 heterocycles. The summed E-state index contributed by atoms with van der Waals surface area (Å²) in [5.74, 6) is -0.339. The summed E-state index contributed by atoms with van der Waals surface area (Å²) in [5, 5.41) is 6.00. The van der Waals surface area contributed by atoms with E-state index >= 15 is 0 Å². The fourth-order valence-corrected chi connectivity index (χ4v) is 2.35. The van der Waals surface area contributed by atoms with Crippen molar-refractivity contribution in [1.82, 2.24) is 15.5 Å². The molecule has 0 aliphatic carbocycles. The summed E-state index contributed by atoms with van der Waals surface area (Å²) in [6.07, 6.45) is -3.55. The molecule has 0 bridgehead atoms. The molecule has 0 unspecified atom stereocenters. The highest BCUT2D eigenvalue weighted by molar-refractivity contribution is 5.94. The van der Waals surface area contributed by atoms with Crippen LogP contribution < -0.4 is 10.6 Å². The molecule has 1 aromatic carbocycles. The van der Waals surface area contributed by atoms with Gasteiger partial charge in [-0.25, -0.2) is 0 Å². The van der Waals surface area contributed by atoms with Gasteiger partial charge in [0.1, 0.15) is 0 Å². The van der Waals surface area contributed by atoms with E-state index in [0.717, 1.165) is 51.3 Å². The van der Waals surface area contributed by atoms with E-state index in [9.17, 15) is 18.0 Å². The van der Waals surface area contributed by atoms with Gasteiger partial charge in [-0.05, 0) is 37.2 Å². The van der Waals surface area contributed by atoms with Crippen LogP contribution >= 0.6 is 12.4 Å². The van der Waals surface area contributed by atoms with Crippen LogP contribution in [0, 0.1) is 0 Å². The summed E-state index contributed by atoms with van der Waals surface area (Å²) < 4.78 is 37.3. The monoisotopic (exact) mass is 351 g/mol. The third kappa shape index (κ3) is 6.37. The third-order valence-corrected chi connectivity index (χ3v) is 3.62. The summed E-state index contributed by atoms with van der Waals surface area (Å²) in [6, 6.07) is 4.26. The highest BCUT2D eigenvalue weighted by Gasteiger charge is 2.30. The Balaban J connectivity index is 0.00000264. The Labute approximate surface area is 139 Å². The Morgan fingerprint density at radius 1 is 1.17 bits per heavy atom. The molecule has 0 radical (unpaired) electrons. The van der Waals surface area contributed by atoms with Crippen LogP contribution in [-0.2, 0) is 6.18 Å². The number of rotatable bonds is 5. The molecule has 1 aliphatic heterocycles. The lowest BCUT2D eigenvalue weighted by Crippen LogP contribution is -2.44. The summed E-state index contributed by atoms with van der Waals surface area (Å²) in [7, 11) is 0. The van der Waals surface area contributed by atoms with Gasteiger partial charge in [0.25, 0.3) is 5.91 Å². The fourth-order valence-electron chi connectivity index (χ4n) is 2.35. The smallest absolute Gasteiger partial charge is 0.352 e. The van der Waals surface area contributed by atoms with Crippen LogP contribution in [-0.4, -0.2) is 50.1 Å². The van der Waals surface area contributed by atoms with Crippen LogP contribution in [0.4, 0.5) is 13.2 Å². The van der Waals surface area contributed by atoms with Gasteiger partial charge in [-0.3, -0.25) is 4.79 Å². The number of alkyl halides is 3. The normalized spacial score (nSPS) is 15.8. The Morgan fingerprint density at radius 2 is 1.78 bits per heavy atom. The Hall–Kier alpha value is -1.31. The Morgan fingerprint density at radius 3 is 2.35 bits per heavy atom. The van der Waals surface area contributed by atoms with Crippen LogP contribution in [0.5, 0.6) is 0 Å². The quantitative estimate of drug-likeness (QED) is 0.799. The first-order chi connectivity index (χ1) is 10.5. The maximum absolute atomic E-state index is 12.4. The molecule has 23 heavy (non-hydrogen) atoms. The molecule has 0 atom stereocenters. The molecule has 130 valence electrons. The van der Waals surface area contributed by atoms with Crippen LogP contribution in [0.15, 0.2) is 24.3 Å². The number of hydrogen-bond acceptors (Lipinski definition) is 3. The minimum absolute atomic E-state index is 0. The first-order valence-corrected chi connectivity index (χ1v) is 7.35. The SMILES string of the molecule is Cl.O=C(NCCCN1CCNCC1)c1ccc(C(F)(F)F)cc1. The van der Waals surface area contributed by atoms with Gasteiger partial charge >= 0.3 is 6.18 Å².